The Labute approximate surface area is 142 Å². The van der Waals surface area contributed by atoms with Gasteiger partial charge in [0, 0.05) is 37.0 Å². The molecule has 22 heavy (non-hydrogen) atoms. The van der Waals surface area contributed by atoms with Crippen LogP contribution in [0.3, 0.4) is 0 Å². The molecule has 6 heteroatoms. The average molecular weight is 381 g/mol. The highest BCUT2D eigenvalue weighted by Gasteiger charge is 2.24. The van der Waals surface area contributed by atoms with Crippen LogP contribution in [0.4, 0.5) is 0 Å². The van der Waals surface area contributed by atoms with E-state index in [4.69, 9.17) is 4.74 Å². The molecule has 0 atom stereocenters. The number of hydrogen-bond acceptors (Lipinski definition) is 4. The summed E-state index contributed by atoms with van der Waals surface area (Å²) in [7, 11) is 0. The van der Waals surface area contributed by atoms with Crippen LogP contribution in [0.5, 0.6) is 5.88 Å². The summed E-state index contributed by atoms with van der Waals surface area (Å²) < 4.78 is 6.79. The van der Waals surface area contributed by atoms with Crippen LogP contribution in [0.25, 0.3) is 0 Å². The number of thiophene rings is 1. The Morgan fingerprint density at radius 1 is 1.36 bits per heavy atom. The third-order valence-electron chi connectivity index (χ3n) is 3.70. The molecule has 1 saturated heterocycles. The van der Waals surface area contributed by atoms with E-state index in [0.717, 1.165) is 35.3 Å². The number of hydrogen-bond donors (Lipinski definition) is 0. The van der Waals surface area contributed by atoms with Gasteiger partial charge in [0.2, 0.25) is 11.8 Å². The first-order valence-electron chi connectivity index (χ1n) is 7.29. The number of carbonyl (C=O) groups excluding carboxylic acids is 1. The van der Waals surface area contributed by atoms with Crippen molar-refractivity contribution in [3.63, 3.8) is 0 Å². The van der Waals surface area contributed by atoms with Crippen LogP contribution in [-0.2, 0) is 11.2 Å². The quantitative estimate of drug-likeness (QED) is 0.814. The highest BCUT2D eigenvalue weighted by molar-refractivity contribution is 9.10. The highest BCUT2D eigenvalue weighted by Crippen LogP contribution is 2.25. The number of pyridine rings is 1. The molecule has 3 rings (SSSR count). The number of nitrogens with zero attached hydrogens (tertiary/aromatic N) is 2. The molecule has 0 aliphatic carbocycles. The normalized spacial score (nSPS) is 15.8. The van der Waals surface area contributed by atoms with Gasteiger partial charge >= 0.3 is 0 Å². The summed E-state index contributed by atoms with van der Waals surface area (Å²) >= 11 is 5.07. The van der Waals surface area contributed by atoms with Gasteiger partial charge in [0.25, 0.3) is 0 Å². The summed E-state index contributed by atoms with van der Waals surface area (Å²) in [4.78, 5) is 19.5. The van der Waals surface area contributed by atoms with Crippen molar-refractivity contribution < 1.29 is 9.53 Å². The summed E-state index contributed by atoms with van der Waals surface area (Å²) in [5.74, 6) is 0.839. The fourth-order valence-corrected chi connectivity index (χ4v) is 3.56. The molecular formula is C16H17BrN2O2S. The molecule has 0 unspecified atom stereocenters. The van der Waals surface area contributed by atoms with Gasteiger partial charge in [-0.15, -0.1) is 11.3 Å². The predicted molar refractivity (Wildman–Crippen MR) is 90.2 cm³/mol. The Hall–Kier alpha value is -1.40. The van der Waals surface area contributed by atoms with Crippen molar-refractivity contribution in [3.8, 4) is 5.88 Å². The lowest BCUT2D eigenvalue weighted by atomic mass is 10.1. The van der Waals surface area contributed by atoms with Crippen LogP contribution in [-0.4, -0.2) is 35.0 Å². The smallest absolute Gasteiger partial charge is 0.228 e. The number of rotatable bonds is 4. The molecule has 0 radical (unpaired) electrons. The van der Waals surface area contributed by atoms with Crippen LogP contribution in [0.1, 0.15) is 17.7 Å². The van der Waals surface area contributed by atoms with E-state index in [2.05, 4.69) is 20.9 Å². The lowest BCUT2D eigenvalue weighted by molar-refractivity contribution is -0.132. The summed E-state index contributed by atoms with van der Waals surface area (Å²) in [5.41, 5.74) is 0. The van der Waals surface area contributed by atoms with Crippen molar-refractivity contribution >= 4 is 33.2 Å². The van der Waals surface area contributed by atoms with Gasteiger partial charge in [-0.05, 0) is 39.5 Å². The third-order valence-corrected chi connectivity index (χ3v) is 5.18. The molecule has 0 saturated carbocycles. The zero-order valence-corrected chi connectivity index (χ0v) is 14.5. The molecule has 0 aromatic carbocycles. The fraction of sp³-hybridized carbons (Fsp3) is 0.375. The minimum absolute atomic E-state index is 0.122. The Balaban J connectivity index is 1.50. The average Bonchev–Trinajstić information content (AvgIpc) is 3.03. The number of likely N-dealkylation sites (tertiary alicyclic amines) is 1. The second-order valence-corrected chi connectivity index (χ2v) is 7.13. The monoisotopic (exact) mass is 380 g/mol. The number of carbonyl (C=O) groups is 1. The first kappa shape index (κ1) is 15.5. The SMILES string of the molecule is O=C(Cc1cccs1)N1CCC(Oc2ncccc2Br)CC1. The van der Waals surface area contributed by atoms with Gasteiger partial charge in [-0.1, -0.05) is 6.07 Å². The number of ether oxygens (including phenoxy) is 1. The van der Waals surface area contributed by atoms with Crippen molar-refractivity contribution in [1.82, 2.24) is 9.88 Å². The van der Waals surface area contributed by atoms with E-state index < -0.39 is 0 Å². The molecule has 1 aliphatic rings. The maximum atomic E-state index is 12.3. The van der Waals surface area contributed by atoms with Gasteiger partial charge in [0.05, 0.1) is 10.9 Å². The summed E-state index contributed by atoms with van der Waals surface area (Å²) in [6, 6.07) is 7.78. The predicted octanol–water partition coefficient (Wildman–Crippen LogP) is 3.52. The molecular weight excluding hydrogens is 364 g/mol. The van der Waals surface area contributed by atoms with E-state index in [9.17, 15) is 4.79 Å². The molecule has 0 N–H and O–H groups in total. The molecule has 1 aliphatic heterocycles. The van der Waals surface area contributed by atoms with E-state index in [1.54, 1.807) is 17.5 Å². The molecule has 1 amide bonds. The maximum absolute atomic E-state index is 12.3. The van der Waals surface area contributed by atoms with Gasteiger partial charge in [0.15, 0.2) is 0 Å². The molecule has 1 fully saturated rings. The Morgan fingerprint density at radius 3 is 2.86 bits per heavy atom. The first-order valence-corrected chi connectivity index (χ1v) is 8.97. The standard InChI is InChI=1S/C16H17BrN2O2S/c17-14-4-1-7-18-16(14)21-12-5-8-19(9-6-12)15(20)11-13-3-2-10-22-13/h1-4,7,10,12H,5-6,8-9,11H2. The molecule has 0 bridgehead atoms. The maximum Gasteiger partial charge on any atom is 0.228 e. The van der Waals surface area contributed by atoms with E-state index in [-0.39, 0.29) is 12.0 Å². The number of amides is 1. The van der Waals surface area contributed by atoms with Crippen LogP contribution in [0.15, 0.2) is 40.3 Å². The lowest BCUT2D eigenvalue weighted by Gasteiger charge is -2.32. The molecule has 2 aromatic heterocycles. The van der Waals surface area contributed by atoms with E-state index >= 15 is 0 Å². The minimum atomic E-state index is 0.122. The van der Waals surface area contributed by atoms with E-state index in [0.29, 0.717) is 12.3 Å². The van der Waals surface area contributed by atoms with Crippen LogP contribution in [0.2, 0.25) is 0 Å². The van der Waals surface area contributed by atoms with E-state index in [1.165, 1.54) is 0 Å². The lowest BCUT2D eigenvalue weighted by Crippen LogP contribution is -2.42. The van der Waals surface area contributed by atoms with Crippen molar-refractivity contribution in [2.45, 2.75) is 25.4 Å². The van der Waals surface area contributed by atoms with Crippen molar-refractivity contribution in [3.05, 3.63) is 45.2 Å². The topological polar surface area (TPSA) is 42.4 Å². The number of piperidine rings is 1. The van der Waals surface area contributed by atoms with Crippen molar-refractivity contribution in [2.75, 3.05) is 13.1 Å². The number of aromatic nitrogens is 1. The Morgan fingerprint density at radius 2 is 2.18 bits per heavy atom. The van der Waals surface area contributed by atoms with Gasteiger partial charge in [-0.3, -0.25) is 4.79 Å². The Bertz CT molecular complexity index is 625. The van der Waals surface area contributed by atoms with Gasteiger partial charge < -0.3 is 9.64 Å². The molecule has 3 heterocycles. The highest BCUT2D eigenvalue weighted by atomic mass is 79.9. The molecule has 2 aromatic rings. The Kier molecular flexibility index (Phi) is 5.10. The first-order chi connectivity index (χ1) is 10.7. The fourth-order valence-electron chi connectivity index (χ4n) is 2.51. The molecule has 116 valence electrons. The van der Waals surface area contributed by atoms with Gasteiger partial charge in [0.1, 0.15) is 6.10 Å². The number of halogens is 1. The van der Waals surface area contributed by atoms with Crippen LogP contribution < -0.4 is 4.74 Å². The van der Waals surface area contributed by atoms with Gasteiger partial charge in [-0.2, -0.15) is 0 Å². The molecule has 4 nitrogen and oxygen atoms in total. The molecule has 0 spiro atoms. The third kappa shape index (κ3) is 3.87. The van der Waals surface area contributed by atoms with Crippen LogP contribution in [0, 0.1) is 0 Å². The largest absolute Gasteiger partial charge is 0.473 e. The van der Waals surface area contributed by atoms with Gasteiger partial charge in [-0.25, -0.2) is 4.98 Å². The zero-order valence-electron chi connectivity index (χ0n) is 12.1. The van der Waals surface area contributed by atoms with Crippen LogP contribution >= 0.6 is 27.3 Å². The minimum Gasteiger partial charge on any atom is -0.473 e. The summed E-state index contributed by atoms with van der Waals surface area (Å²) in [6.07, 6.45) is 4.05. The summed E-state index contributed by atoms with van der Waals surface area (Å²) in [6.45, 7) is 1.50. The second kappa shape index (κ2) is 7.24. The summed E-state index contributed by atoms with van der Waals surface area (Å²) in [5, 5.41) is 2.01. The zero-order chi connectivity index (χ0) is 15.4. The van der Waals surface area contributed by atoms with Crippen molar-refractivity contribution in [2.24, 2.45) is 0 Å². The van der Waals surface area contributed by atoms with Crippen molar-refractivity contribution in [1.29, 1.82) is 0 Å². The second-order valence-electron chi connectivity index (χ2n) is 5.24. The van der Waals surface area contributed by atoms with E-state index in [1.807, 2.05) is 34.5 Å².